The van der Waals surface area contributed by atoms with E-state index in [-0.39, 0.29) is 4.90 Å². The molecule has 30 heavy (non-hydrogen) atoms. The van der Waals surface area contributed by atoms with Crippen LogP contribution in [0.2, 0.25) is 0 Å². The lowest BCUT2D eigenvalue weighted by Crippen LogP contribution is -1.94. The largest absolute Gasteiger partial charge is 0.497 e. The molecule has 0 saturated heterocycles. The quantitative estimate of drug-likeness (QED) is 0.345. The Morgan fingerprint density at radius 1 is 0.667 bits per heavy atom. The van der Waals surface area contributed by atoms with Crippen LogP contribution in [0.25, 0.3) is 0 Å². The van der Waals surface area contributed by atoms with Crippen LogP contribution in [-0.4, -0.2) is 27.9 Å². The van der Waals surface area contributed by atoms with Gasteiger partial charge < -0.3 is 23.1 Å². The summed E-state index contributed by atoms with van der Waals surface area (Å²) < 4.78 is 38.5. The fourth-order valence-corrected chi connectivity index (χ4v) is 2.94. The molecule has 0 amide bonds. The fraction of sp³-hybridized carbons (Fsp3) is 0.100. The van der Waals surface area contributed by atoms with Crippen molar-refractivity contribution in [2.75, 3.05) is 14.2 Å². The number of benzene rings is 3. The van der Waals surface area contributed by atoms with Crippen LogP contribution < -0.4 is 9.47 Å². The molecule has 156 valence electrons. The topological polar surface area (TPSA) is 129 Å². The van der Waals surface area contributed by atoms with Crippen LogP contribution in [0.5, 0.6) is 11.5 Å². The van der Waals surface area contributed by atoms with Gasteiger partial charge in [0.05, 0.1) is 36.2 Å². The second-order valence-electron chi connectivity index (χ2n) is 5.97. The van der Waals surface area contributed by atoms with E-state index < -0.39 is 10.9 Å². The SMILES string of the molecule is COc1ccc(N=Nc2ccc(N=Nc3cccc(S(O)(O)O)c3)cc2OC)cc1. The number of methoxy groups -OCH3 is 2. The number of nitrogens with zero attached hydrogens (tertiary/aromatic N) is 4. The van der Waals surface area contributed by atoms with E-state index in [1.165, 1.54) is 25.3 Å². The zero-order valence-electron chi connectivity index (χ0n) is 16.2. The van der Waals surface area contributed by atoms with E-state index in [1.807, 2.05) is 0 Å². The van der Waals surface area contributed by atoms with Gasteiger partial charge in [0, 0.05) is 6.07 Å². The molecule has 10 heteroatoms. The molecule has 0 spiro atoms. The number of hydrogen-bond donors (Lipinski definition) is 3. The van der Waals surface area contributed by atoms with Crippen molar-refractivity contribution in [1.82, 2.24) is 0 Å². The first-order valence-electron chi connectivity index (χ1n) is 8.65. The predicted octanol–water partition coefficient (Wildman–Crippen LogP) is 7.12. The van der Waals surface area contributed by atoms with Gasteiger partial charge in [-0.05, 0) is 54.6 Å². The van der Waals surface area contributed by atoms with Crippen LogP contribution in [-0.2, 0) is 0 Å². The molecular weight excluding hydrogens is 408 g/mol. The molecule has 0 heterocycles. The average Bonchev–Trinajstić information content (AvgIpc) is 2.76. The van der Waals surface area contributed by atoms with E-state index in [2.05, 4.69) is 20.5 Å². The normalized spacial score (nSPS) is 12.4. The molecule has 0 atom stereocenters. The van der Waals surface area contributed by atoms with Gasteiger partial charge in [0.15, 0.2) is 0 Å². The molecule has 0 aromatic heterocycles. The van der Waals surface area contributed by atoms with Gasteiger partial charge >= 0.3 is 0 Å². The van der Waals surface area contributed by atoms with Crippen molar-refractivity contribution in [1.29, 1.82) is 0 Å². The Labute approximate surface area is 174 Å². The first kappa shape index (κ1) is 21.4. The van der Waals surface area contributed by atoms with Crippen LogP contribution in [0, 0.1) is 0 Å². The molecule has 0 aliphatic rings. The van der Waals surface area contributed by atoms with Gasteiger partial charge in [0.1, 0.15) is 28.1 Å². The maximum Gasteiger partial charge on any atom is 0.148 e. The second-order valence-corrected chi connectivity index (χ2v) is 7.48. The van der Waals surface area contributed by atoms with Gasteiger partial charge in [-0.2, -0.15) is 15.3 Å². The Kier molecular flexibility index (Phi) is 6.75. The van der Waals surface area contributed by atoms with E-state index in [4.69, 9.17) is 9.47 Å². The summed E-state index contributed by atoms with van der Waals surface area (Å²) in [4.78, 5) is -0.0363. The summed E-state index contributed by atoms with van der Waals surface area (Å²) in [5.74, 6) is 1.19. The van der Waals surface area contributed by atoms with Crippen molar-refractivity contribution in [3.63, 3.8) is 0 Å². The zero-order chi connectivity index (χ0) is 21.6. The fourth-order valence-electron chi connectivity index (χ4n) is 2.40. The van der Waals surface area contributed by atoms with E-state index in [0.717, 1.165) is 5.75 Å². The van der Waals surface area contributed by atoms with Crippen molar-refractivity contribution in [3.05, 3.63) is 66.7 Å². The minimum absolute atomic E-state index is 0.0363. The summed E-state index contributed by atoms with van der Waals surface area (Å²) in [6.07, 6.45) is 0. The Hall–Kier alpha value is -3.31. The van der Waals surface area contributed by atoms with Crippen LogP contribution in [0.3, 0.4) is 0 Å². The van der Waals surface area contributed by atoms with Crippen molar-refractivity contribution in [3.8, 4) is 11.5 Å². The summed E-state index contributed by atoms with van der Waals surface area (Å²) in [5, 5.41) is 16.5. The molecule has 0 fully saturated rings. The molecule has 0 saturated carbocycles. The lowest BCUT2D eigenvalue weighted by atomic mass is 10.2. The molecule has 0 aliphatic carbocycles. The molecule has 3 aromatic rings. The average molecular weight is 428 g/mol. The van der Waals surface area contributed by atoms with Gasteiger partial charge in [-0.25, -0.2) is 0 Å². The molecule has 3 rings (SSSR count). The highest BCUT2D eigenvalue weighted by molar-refractivity contribution is 8.19. The predicted molar refractivity (Wildman–Crippen MR) is 115 cm³/mol. The Balaban J connectivity index is 1.78. The third-order valence-corrected chi connectivity index (χ3v) is 4.81. The Morgan fingerprint density at radius 2 is 1.30 bits per heavy atom. The Bertz CT molecular complexity index is 1070. The van der Waals surface area contributed by atoms with Gasteiger partial charge in [0.2, 0.25) is 0 Å². The molecule has 0 unspecified atom stereocenters. The van der Waals surface area contributed by atoms with Crippen molar-refractivity contribution in [2.24, 2.45) is 20.5 Å². The van der Waals surface area contributed by atoms with Crippen LogP contribution >= 0.6 is 10.9 Å². The highest BCUT2D eigenvalue weighted by Gasteiger charge is 2.15. The molecule has 3 N–H and O–H groups in total. The minimum atomic E-state index is -3.81. The lowest BCUT2D eigenvalue weighted by Gasteiger charge is -2.18. The number of rotatable bonds is 7. The van der Waals surface area contributed by atoms with Gasteiger partial charge in [-0.3, -0.25) is 0 Å². The summed E-state index contributed by atoms with van der Waals surface area (Å²) in [5.41, 5.74) is 2.03. The smallest absolute Gasteiger partial charge is 0.148 e. The van der Waals surface area contributed by atoms with E-state index in [9.17, 15) is 13.7 Å². The van der Waals surface area contributed by atoms with E-state index in [0.29, 0.717) is 28.5 Å². The number of ether oxygens (including phenoxy) is 2. The molecule has 0 radical (unpaired) electrons. The first-order chi connectivity index (χ1) is 14.4. The lowest BCUT2D eigenvalue weighted by molar-refractivity contribution is 0.376. The second kappa shape index (κ2) is 9.46. The molecule has 0 aliphatic heterocycles. The monoisotopic (exact) mass is 428 g/mol. The Morgan fingerprint density at radius 3 is 1.93 bits per heavy atom. The maximum absolute atomic E-state index is 9.34. The van der Waals surface area contributed by atoms with Crippen molar-refractivity contribution in [2.45, 2.75) is 4.90 Å². The third-order valence-electron chi connectivity index (χ3n) is 3.92. The maximum atomic E-state index is 9.34. The highest BCUT2D eigenvalue weighted by Crippen LogP contribution is 2.44. The summed E-state index contributed by atoms with van der Waals surface area (Å²) >= 11 is 0. The third kappa shape index (κ3) is 5.61. The highest BCUT2D eigenvalue weighted by atomic mass is 32.3. The standard InChI is InChI=1S/C20H20N4O5S/c1-28-17-9-6-14(7-10-17)21-24-19-11-8-16(13-20(19)29-2)23-22-15-4-3-5-18(12-15)30(25,26)27/h3-13,25-27H,1-2H3. The van der Waals surface area contributed by atoms with Crippen LogP contribution in [0.4, 0.5) is 22.7 Å². The summed E-state index contributed by atoms with van der Waals surface area (Å²) in [7, 11) is -0.703. The van der Waals surface area contributed by atoms with Gasteiger partial charge in [-0.15, -0.1) is 5.11 Å². The summed E-state index contributed by atoms with van der Waals surface area (Å²) in [6.45, 7) is 0. The first-order valence-corrected chi connectivity index (χ1v) is 10.2. The molecule has 3 aromatic carbocycles. The zero-order valence-corrected chi connectivity index (χ0v) is 17.0. The minimum Gasteiger partial charge on any atom is -0.497 e. The molecular formula is C20H20N4O5S. The van der Waals surface area contributed by atoms with Gasteiger partial charge in [0.25, 0.3) is 0 Å². The van der Waals surface area contributed by atoms with Gasteiger partial charge in [-0.1, -0.05) is 6.07 Å². The molecule has 9 nitrogen and oxygen atoms in total. The number of hydrogen-bond acceptors (Lipinski definition) is 9. The van der Waals surface area contributed by atoms with E-state index >= 15 is 0 Å². The molecule has 0 bridgehead atoms. The van der Waals surface area contributed by atoms with E-state index in [1.54, 1.807) is 55.6 Å². The number of azo groups is 2. The summed E-state index contributed by atoms with van der Waals surface area (Å²) in [6, 6.07) is 18.1. The van der Waals surface area contributed by atoms with Crippen molar-refractivity contribution < 1.29 is 23.1 Å². The van der Waals surface area contributed by atoms with Crippen molar-refractivity contribution >= 4 is 33.6 Å². The van der Waals surface area contributed by atoms with Crippen LogP contribution in [0.1, 0.15) is 0 Å². The van der Waals surface area contributed by atoms with Crippen LogP contribution in [0.15, 0.2) is 92.1 Å².